The van der Waals surface area contributed by atoms with Crippen molar-refractivity contribution in [3.8, 4) is 0 Å². The van der Waals surface area contributed by atoms with E-state index in [2.05, 4.69) is 26.2 Å². The highest BCUT2D eigenvalue weighted by Crippen LogP contribution is 2.09. The van der Waals surface area contributed by atoms with Crippen molar-refractivity contribution in [1.82, 2.24) is 10.3 Å². The summed E-state index contributed by atoms with van der Waals surface area (Å²) in [5.41, 5.74) is 0.202. The van der Waals surface area contributed by atoms with Crippen molar-refractivity contribution in [2.75, 3.05) is 0 Å². The number of carbonyl (C=O) groups excluding carboxylic acids is 1. The average Bonchev–Trinajstić information content (AvgIpc) is 2.28. The third-order valence-electron chi connectivity index (χ3n) is 2.27. The van der Waals surface area contributed by atoms with Crippen LogP contribution >= 0.6 is 15.9 Å². The molecule has 1 aromatic rings. The van der Waals surface area contributed by atoms with Gasteiger partial charge >= 0.3 is 5.97 Å². The second kappa shape index (κ2) is 6.49. The minimum atomic E-state index is -1.03. The molecule has 0 bridgehead atoms. The number of rotatable bonds is 5. The predicted molar refractivity (Wildman–Crippen MR) is 70.3 cm³/mol. The second-order valence-corrected chi connectivity index (χ2v) is 5.27. The van der Waals surface area contributed by atoms with Crippen LogP contribution in [0.5, 0.6) is 0 Å². The van der Waals surface area contributed by atoms with E-state index in [4.69, 9.17) is 5.11 Å². The maximum absolute atomic E-state index is 11.8. The molecule has 0 radical (unpaired) electrons. The van der Waals surface area contributed by atoms with Gasteiger partial charge in [-0.2, -0.15) is 0 Å². The highest BCUT2D eigenvalue weighted by Gasteiger charge is 2.22. The van der Waals surface area contributed by atoms with Crippen molar-refractivity contribution >= 4 is 27.8 Å². The number of halogens is 1. The molecular weight excluding hydrogens is 300 g/mol. The van der Waals surface area contributed by atoms with E-state index in [0.717, 1.165) is 4.47 Å². The molecule has 0 saturated carbocycles. The molecule has 0 spiro atoms. The molecule has 0 unspecified atom stereocenters. The number of aromatic nitrogens is 1. The molecule has 1 aromatic heterocycles. The Hall–Kier alpha value is -1.43. The molecular formula is C12H15BrN2O3. The fourth-order valence-corrected chi connectivity index (χ4v) is 1.67. The van der Waals surface area contributed by atoms with Crippen molar-refractivity contribution in [3.63, 3.8) is 0 Å². The lowest BCUT2D eigenvalue weighted by Gasteiger charge is -2.16. The second-order valence-electron chi connectivity index (χ2n) is 4.36. The van der Waals surface area contributed by atoms with Crippen molar-refractivity contribution in [3.05, 3.63) is 28.5 Å². The minimum absolute atomic E-state index is 0.185. The summed E-state index contributed by atoms with van der Waals surface area (Å²) >= 11 is 3.21. The molecule has 0 saturated heterocycles. The standard InChI is InChI=1S/C12H15BrN2O3/c1-7(2)5-10(12(17)18)15-11(16)9-4-3-8(13)6-14-9/h3-4,6-7,10H,5H2,1-2H3,(H,15,16)(H,17,18)/t10-/m0/s1. The predicted octanol–water partition coefficient (Wildman–Crippen LogP) is 2.07. The first-order valence-corrected chi connectivity index (χ1v) is 6.34. The van der Waals surface area contributed by atoms with E-state index in [1.807, 2.05) is 13.8 Å². The van der Waals surface area contributed by atoms with Gasteiger partial charge in [-0.3, -0.25) is 4.79 Å². The van der Waals surface area contributed by atoms with Crippen molar-refractivity contribution in [1.29, 1.82) is 0 Å². The van der Waals surface area contributed by atoms with Gasteiger partial charge in [-0.25, -0.2) is 9.78 Å². The summed E-state index contributed by atoms with van der Waals surface area (Å²) in [7, 11) is 0. The van der Waals surface area contributed by atoms with Crippen molar-refractivity contribution in [2.45, 2.75) is 26.3 Å². The van der Waals surface area contributed by atoms with Crippen molar-refractivity contribution < 1.29 is 14.7 Å². The lowest BCUT2D eigenvalue weighted by Crippen LogP contribution is -2.41. The molecule has 1 amide bonds. The lowest BCUT2D eigenvalue weighted by molar-refractivity contribution is -0.139. The highest BCUT2D eigenvalue weighted by atomic mass is 79.9. The zero-order chi connectivity index (χ0) is 13.7. The zero-order valence-corrected chi connectivity index (χ0v) is 11.8. The number of pyridine rings is 1. The van der Waals surface area contributed by atoms with Crippen LogP contribution in [0.25, 0.3) is 0 Å². The summed E-state index contributed by atoms with van der Waals surface area (Å²) in [5, 5.41) is 11.5. The van der Waals surface area contributed by atoms with E-state index in [1.165, 1.54) is 12.3 Å². The Bertz CT molecular complexity index is 431. The number of hydrogen-bond donors (Lipinski definition) is 2. The SMILES string of the molecule is CC(C)C[C@H](NC(=O)c1ccc(Br)cn1)C(=O)O. The summed E-state index contributed by atoms with van der Waals surface area (Å²) in [6.07, 6.45) is 1.88. The number of nitrogens with zero attached hydrogens (tertiary/aromatic N) is 1. The topological polar surface area (TPSA) is 79.3 Å². The quantitative estimate of drug-likeness (QED) is 0.872. The van der Waals surface area contributed by atoms with Gasteiger partial charge in [0.25, 0.3) is 5.91 Å². The zero-order valence-electron chi connectivity index (χ0n) is 10.2. The van der Waals surface area contributed by atoms with Crippen LogP contribution in [0, 0.1) is 5.92 Å². The maximum atomic E-state index is 11.8. The lowest BCUT2D eigenvalue weighted by atomic mass is 10.0. The number of nitrogens with one attached hydrogen (secondary N) is 1. The minimum Gasteiger partial charge on any atom is -0.480 e. The summed E-state index contributed by atoms with van der Waals surface area (Å²) in [6, 6.07) is 2.33. The van der Waals surface area contributed by atoms with Crippen LogP contribution in [0.2, 0.25) is 0 Å². The van der Waals surface area contributed by atoms with Gasteiger partial charge in [0.1, 0.15) is 11.7 Å². The largest absolute Gasteiger partial charge is 0.480 e. The van der Waals surface area contributed by atoms with Gasteiger partial charge in [0.2, 0.25) is 0 Å². The van der Waals surface area contributed by atoms with Crippen LogP contribution in [0.15, 0.2) is 22.8 Å². The fraction of sp³-hybridized carbons (Fsp3) is 0.417. The molecule has 0 aromatic carbocycles. The first-order chi connectivity index (χ1) is 8.40. The Morgan fingerprint density at radius 1 is 1.44 bits per heavy atom. The number of carboxylic acid groups (broad SMARTS) is 1. The summed E-state index contributed by atoms with van der Waals surface area (Å²) < 4.78 is 0.760. The van der Waals surface area contributed by atoms with Gasteiger partial charge in [-0.1, -0.05) is 13.8 Å². The Balaban J connectivity index is 2.72. The number of aliphatic carboxylic acids is 1. The maximum Gasteiger partial charge on any atom is 0.326 e. The molecule has 0 aliphatic rings. The van der Waals surface area contributed by atoms with Gasteiger partial charge in [-0.15, -0.1) is 0 Å². The van der Waals surface area contributed by atoms with E-state index in [0.29, 0.717) is 6.42 Å². The van der Waals surface area contributed by atoms with Crippen molar-refractivity contribution in [2.24, 2.45) is 5.92 Å². The monoisotopic (exact) mass is 314 g/mol. The number of amides is 1. The summed E-state index contributed by atoms with van der Waals surface area (Å²) in [6.45, 7) is 3.81. The highest BCUT2D eigenvalue weighted by molar-refractivity contribution is 9.10. The molecule has 5 nitrogen and oxygen atoms in total. The molecule has 6 heteroatoms. The first kappa shape index (κ1) is 14.6. The first-order valence-electron chi connectivity index (χ1n) is 5.55. The van der Waals surface area contributed by atoms with Crippen LogP contribution in [0.1, 0.15) is 30.8 Å². The van der Waals surface area contributed by atoms with E-state index < -0.39 is 17.9 Å². The smallest absolute Gasteiger partial charge is 0.326 e. The Labute approximate surface area is 114 Å². The van der Waals surface area contributed by atoms with Gasteiger partial charge in [-0.05, 0) is 40.4 Å². The van der Waals surface area contributed by atoms with Crippen LogP contribution in [0.3, 0.4) is 0 Å². The fourth-order valence-electron chi connectivity index (χ4n) is 1.44. The third kappa shape index (κ3) is 4.44. The number of hydrogen-bond acceptors (Lipinski definition) is 3. The van der Waals surface area contributed by atoms with Crippen LogP contribution < -0.4 is 5.32 Å². The van der Waals surface area contributed by atoms with Gasteiger partial charge in [0.15, 0.2) is 0 Å². The molecule has 0 aliphatic heterocycles. The van der Waals surface area contributed by atoms with Gasteiger partial charge in [0.05, 0.1) is 0 Å². The Morgan fingerprint density at radius 2 is 2.11 bits per heavy atom. The normalized spacial score (nSPS) is 12.2. The molecule has 2 N–H and O–H groups in total. The Morgan fingerprint density at radius 3 is 2.56 bits per heavy atom. The molecule has 98 valence electrons. The molecule has 0 aliphatic carbocycles. The summed E-state index contributed by atoms with van der Waals surface area (Å²) in [4.78, 5) is 26.7. The summed E-state index contributed by atoms with van der Waals surface area (Å²) in [5.74, 6) is -1.33. The van der Waals surface area contributed by atoms with E-state index in [9.17, 15) is 9.59 Å². The van der Waals surface area contributed by atoms with Crippen LogP contribution in [0.4, 0.5) is 0 Å². The van der Waals surface area contributed by atoms with Gasteiger partial charge in [0, 0.05) is 10.7 Å². The van der Waals surface area contributed by atoms with E-state index in [1.54, 1.807) is 6.07 Å². The molecule has 0 fully saturated rings. The van der Waals surface area contributed by atoms with E-state index in [-0.39, 0.29) is 11.6 Å². The molecule has 1 heterocycles. The average molecular weight is 315 g/mol. The molecule has 1 atom stereocenters. The molecule has 18 heavy (non-hydrogen) atoms. The van der Waals surface area contributed by atoms with E-state index >= 15 is 0 Å². The van der Waals surface area contributed by atoms with Crippen LogP contribution in [-0.4, -0.2) is 28.0 Å². The Kier molecular flexibility index (Phi) is 5.27. The number of carbonyl (C=O) groups is 2. The third-order valence-corrected chi connectivity index (χ3v) is 2.74. The van der Waals surface area contributed by atoms with Crippen LogP contribution in [-0.2, 0) is 4.79 Å². The number of carboxylic acids is 1. The molecule has 1 rings (SSSR count). The van der Waals surface area contributed by atoms with Gasteiger partial charge < -0.3 is 10.4 Å².